The molecule has 0 bridgehead atoms. The summed E-state index contributed by atoms with van der Waals surface area (Å²) in [6.07, 6.45) is 52.4. The molecule has 0 heterocycles. The molecule has 0 radical (unpaired) electrons. The van der Waals surface area contributed by atoms with E-state index in [0.717, 1.165) is 83.5 Å². The number of allylic oxidation sites excluding steroid dienone is 7. The highest BCUT2D eigenvalue weighted by atomic mass is 16.5. The van der Waals surface area contributed by atoms with Crippen molar-refractivity contribution in [1.29, 1.82) is 0 Å². The molecule has 0 aromatic heterocycles. The highest BCUT2D eigenvalue weighted by molar-refractivity contribution is 5.76. The van der Waals surface area contributed by atoms with Crippen molar-refractivity contribution < 1.29 is 24.5 Å². The Kier molecular flexibility index (Phi) is 41.8. The summed E-state index contributed by atoms with van der Waals surface area (Å²) >= 11 is 0. The van der Waals surface area contributed by atoms with Crippen molar-refractivity contribution in [3.63, 3.8) is 0 Å². The first-order valence-corrected chi connectivity index (χ1v) is 22.9. The van der Waals surface area contributed by atoms with Gasteiger partial charge in [0.05, 0.1) is 25.4 Å². The number of hydrogen-bond donors (Lipinski definition) is 3. The third kappa shape index (κ3) is 39.5. The molecule has 0 aromatic carbocycles. The van der Waals surface area contributed by atoms with E-state index >= 15 is 0 Å². The van der Waals surface area contributed by atoms with E-state index in [-0.39, 0.29) is 18.5 Å². The van der Waals surface area contributed by atoms with E-state index in [2.05, 4.69) is 55.6 Å². The van der Waals surface area contributed by atoms with E-state index in [9.17, 15) is 19.8 Å². The number of ether oxygens (including phenoxy) is 1. The summed E-state index contributed by atoms with van der Waals surface area (Å²) in [5.74, 6) is -0.186. The van der Waals surface area contributed by atoms with E-state index in [1.807, 2.05) is 6.08 Å². The van der Waals surface area contributed by atoms with Gasteiger partial charge in [-0.1, -0.05) is 172 Å². The van der Waals surface area contributed by atoms with E-state index < -0.39 is 12.1 Å². The van der Waals surface area contributed by atoms with Crippen molar-refractivity contribution in [2.45, 2.75) is 231 Å². The van der Waals surface area contributed by atoms with Gasteiger partial charge >= 0.3 is 5.97 Å². The van der Waals surface area contributed by atoms with Gasteiger partial charge < -0.3 is 20.3 Å². The van der Waals surface area contributed by atoms with Crippen LogP contribution >= 0.6 is 0 Å². The number of hydrogen-bond acceptors (Lipinski definition) is 5. The number of nitrogens with one attached hydrogen (secondary N) is 1. The molecule has 0 rings (SSSR count). The normalized spacial score (nSPS) is 13.2. The lowest BCUT2D eigenvalue weighted by atomic mass is 10.0. The van der Waals surface area contributed by atoms with E-state index in [1.54, 1.807) is 6.08 Å². The minimum atomic E-state index is -0.876. The van der Waals surface area contributed by atoms with Gasteiger partial charge in [0.1, 0.15) is 0 Å². The second-order valence-corrected chi connectivity index (χ2v) is 15.4. The predicted octanol–water partition coefficient (Wildman–Crippen LogP) is 13.1. The molecule has 0 aliphatic heterocycles. The summed E-state index contributed by atoms with van der Waals surface area (Å²) in [5, 5.41) is 22.9. The molecular weight excluding hydrogens is 671 g/mol. The molecule has 0 aliphatic rings. The van der Waals surface area contributed by atoms with Gasteiger partial charge in [-0.3, -0.25) is 9.59 Å². The predicted molar refractivity (Wildman–Crippen MR) is 232 cm³/mol. The largest absolute Gasteiger partial charge is 0.466 e. The Balaban J connectivity index is 3.62. The SMILES string of the molecule is CCCCC/C=C\C/C=C\CCCCCCCC(=O)OCCCCCC/C=C\CCCC(=O)NC(CO)C(O)/C=C/CCCCCCCCCCCCC. The fourth-order valence-electron chi connectivity index (χ4n) is 6.49. The van der Waals surface area contributed by atoms with Gasteiger partial charge in [0.2, 0.25) is 5.91 Å². The topological polar surface area (TPSA) is 95.9 Å². The zero-order valence-electron chi connectivity index (χ0n) is 35.4. The number of unbranched alkanes of at least 4 members (excludes halogenated alkanes) is 24. The number of aliphatic hydroxyl groups excluding tert-OH is 2. The molecule has 0 saturated heterocycles. The molecule has 0 spiro atoms. The molecule has 2 unspecified atom stereocenters. The molecule has 2 atom stereocenters. The molecule has 0 aliphatic carbocycles. The second-order valence-electron chi connectivity index (χ2n) is 15.4. The van der Waals surface area contributed by atoms with Crippen LogP contribution < -0.4 is 5.32 Å². The first-order chi connectivity index (χ1) is 26.5. The molecule has 1 amide bonds. The molecular formula is C48H87NO5. The van der Waals surface area contributed by atoms with Gasteiger partial charge in [-0.2, -0.15) is 0 Å². The molecule has 54 heavy (non-hydrogen) atoms. The Hall–Kier alpha value is -2.18. The first kappa shape index (κ1) is 51.8. The van der Waals surface area contributed by atoms with E-state index in [1.165, 1.54) is 109 Å². The van der Waals surface area contributed by atoms with Gasteiger partial charge in [0, 0.05) is 12.8 Å². The summed E-state index contributed by atoms with van der Waals surface area (Å²) in [5.41, 5.74) is 0. The lowest BCUT2D eigenvalue weighted by Crippen LogP contribution is -2.45. The average molecular weight is 758 g/mol. The smallest absolute Gasteiger partial charge is 0.305 e. The fourth-order valence-corrected chi connectivity index (χ4v) is 6.49. The number of amides is 1. The van der Waals surface area contributed by atoms with Crippen LogP contribution in [0.2, 0.25) is 0 Å². The lowest BCUT2D eigenvalue weighted by Gasteiger charge is -2.19. The second kappa shape index (κ2) is 43.5. The average Bonchev–Trinajstić information content (AvgIpc) is 3.17. The summed E-state index contributed by atoms with van der Waals surface area (Å²) in [6.45, 7) is 4.75. The van der Waals surface area contributed by atoms with Crippen LogP contribution in [0.5, 0.6) is 0 Å². The van der Waals surface area contributed by atoms with Crippen LogP contribution in [0.15, 0.2) is 48.6 Å². The quantitative estimate of drug-likeness (QED) is 0.0328. The van der Waals surface area contributed by atoms with Gasteiger partial charge in [-0.25, -0.2) is 0 Å². The number of carbonyl (C=O) groups excluding carboxylic acids is 2. The molecule has 314 valence electrons. The summed E-state index contributed by atoms with van der Waals surface area (Å²) in [7, 11) is 0. The van der Waals surface area contributed by atoms with Crippen molar-refractivity contribution in [2.24, 2.45) is 0 Å². The molecule has 0 saturated carbocycles. The summed E-state index contributed by atoms with van der Waals surface area (Å²) < 4.78 is 5.42. The number of rotatable bonds is 41. The highest BCUT2D eigenvalue weighted by Gasteiger charge is 2.17. The molecule has 0 aromatic rings. The maximum absolute atomic E-state index is 12.4. The van der Waals surface area contributed by atoms with Crippen LogP contribution in [0.4, 0.5) is 0 Å². The van der Waals surface area contributed by atoms with E-state index in [4.69, 9.17) is 4.74 Å². The van der Waals surface area contributed by atoms with Crippen molar-refractivity contribution >= 4 is 11.9 Å². The maximum Gasteiger partial charge on any atom is 0.305 e. The summed E-state index contributed by atoms with van der Waals surface area (Å²) in [6, 6.07) is -0.666. The van der Waals surface area contributed by atoms with Crippen LogP contribution in [0.25, 0.3) is 0 Å². The minimum Gasteiger partial charge on any atom is -0.466 e. The standard InChI is InChI=1S/C48H87NO5/c1-3-5-7-9-11-13-15-17-18-20-22-26-30-34-38-42-48(53)54-43-39-35-31-27-23-25-29-33-37-41-47(52)49-45(44-50)46(51)40-36-32-28-24-21-19-16-14-12-10-8-6-4-2/h11,13,17-18,25,29,36,40,45-46,50-51H,3-10,12,14-16,19-24,26-28,30-35,37-39,41-44H2,1-2H3,(H,49,52)/b13-11-,18-17-,29-25-,40-36+. The van der Waals surface area contributed by atoms with Crippen molar-refractivity contribution in [3.8, 4) is 0 Å². The van der Waals surface area contributed by atoms with Gasteiger partial charge in [0.15, 0.2) is 0 Å². The van der Waals surface area contributed by atoms with Gasteiger partial charge in [0.25, 0.3) is 0 Å². The lowest BCUT2D eigenvalue weighted by molar-refractivity contribution is -0.143. The monoisotopic (exact) mass is 758 g/mol. The highest BCUT2D eigenvalue weighted by Crippen LogP contribution is 2.13. The maximum atomic E-state index is 12.4. The zero-order chi connectivity index (χ0) is 39.4. The number of esters is 1. The van der Waals surface area contributed by atoms with Crippen LogP contribution in [0, 0.1) is 0 Å². The van der Waals surface area contributed by atoms with Crippen molar-refractivity contribution in [3.05, 3.63) is 48.6 Å². The van der Waals surface area contributed by atoms with Gasteiger partial charge in [-0.05, 0) is 83.5 Å². The first-order valence-electron chi connectivity index (χ1n) is 22.9. The third-order valence-corrected chi connectivity index (χ3v) is 10.1. The Morgan fingerprint density at radius 1 is 0.519 bits per heavy atom. The molecule has 6 heteroatoms. The van der Waals surface area contributed by atoms with Crippen LogP contribution in [0.3, 0.4) is 0 Å². The number of carbonyl (C=O) groups is 2. The number of aliphatic hydroxyl groups is 2. The Labute approximate surface area is 334 Å². The molecule has 0 fully saturated rings. The zero-order valence-corrected chi connectivity index (χ0v) is 35.4. The Morgan fingerprint density at radius 2 is 0.944 bits per heavy atom. The Morgan fingerprint density at radius 3 is 1.50 bits per heavy atom. The fraction of sp³-hybridized carbons (Fsp3) is 0.792. The molecule has 6 nitrogen and oxygen atoms in total. The van der Waals surface area contributed by atoms with Crippen LogP contribution in [0.1, 0.15) is 219 Å². The third-order valence-electron chi connectivity index (χ3n) is 10.1. The van der Waals surface area contributed by atoms with Crippen LogP contribution in [-0.4, -0.2) is 47.4 Å². The van der Waals surface area contributed by atoms with Crippen molar-refractivity contribution in [2.75, 3.05) is 13.2 Å². The van der Waals surface area contributed by atoms with Crippen LogP contribution in [-0.2, 0) is 14.3 Å². The minimum absolute atomic E-state index is 0.0535. The van der Waals surface area contributed by atoms with E-state index in [0.29, 0.717) is 19.4 Å². The Bertz CT molecular complexity index is 926. The van der Waals surface area contributed by atoms with Crippen molar-refractivity contribution in [1.82, 2.24) is 5.32 Å². The molecule has 3 N–H and O–H groups in total. The van der Waals surface area contributed by atoms with Gasteiger partial charge in [-0.15, -0.1) is 0 Å². The summed E-state index contributed by atoms with van der Waals surface area (Å²) in [4.78, 5) is 24.4.